The molecular formula is C18H29N3O3. The van der Waals surface area contributed by atoms with E-state index in [0.29, 0.717) is 24.8 Å². The van der Waals surface area contributed by atoms with E-state index < -0.39 is 0 Å². The van der Waals surface area contributed by atoms with Crippen molar-refractivity contribution in [1.82, 2.24) is 10.2 Å². The second-order valence-electron chi connectivity index (χ2n) is 6.02. The average Bonchev–Trinajstić information content (AvgIpc) is 3.07. The highest BCUT2D eigenvalue weighted by atomic mass is 16.5. The largest absolute Gasteiger partial charge is 0.504 e. The number of nitrogens with one attached hydrogen (secondary N) is 1. The van der Waals surface area contributed by atoms with Crippen LogP contribution in [0.15, 0.2) is 23.2 Å². The number of hydrogen-bond acceptors (Lipinski definition) is 4. The minimum Gasteiger partial charge on any atom is -0.504 e. The van der Waals surface area contributed by atoms with Crippen LogP contribution in [0.4, 0.5) is 0 Å². The summed E-state index contributed by atoms with van der Waals surface area (Å²) in [6.45, 7) is 8.48. The molecule has 6 nitrogen and oxygen atoms in total. The van der Waals surface area contributed by atoms with E-state index >= 15 is 0 Å². The van der Waals surface area contributed by atoms with E-state index in [4.69, 9.17) is 14.5 Å². The zero-order chi connectivity index (χ0) is 17.4. The van der Waals surface area contributed by atoms with Crippen LogP contribution in [0.5, 0.6) is 11.5 Å². The van der Waals surface area contributed by atoms with Gasteiger partial charge in [0.1, 0.15) is 0 Å². The van der Waals surface area contributed by atoms with Crippen molar-refractivity contribution in [2.75, 3.05) is 40.0 Å². The summed E-state index contributed by atoms with van der Waals surface area (Å²) in [7, 11) is 2.06. The van der Waals surface area contributed by atoms with Crippen molar-refractivity contribution in [2.24, 2.45) is 10.9 Å². The first-order chi connectivity index (χ1) is 11.6. The molecule has 1 atom stereocenters. The Bertz CT molecular complexity index is 542. The number of benzene rings is 1. The fraction of sp³-hybridized carbons (Fsp3) is 0.611. The molecule has 0 bridgehead atoms. The highest BCUT2D eigenvalue weighted by Crippen LogP contribution is 2.27. The van der Waals surface area contributed by atoms with Crippen LogP contribution in [0.25, 0.3) is 0 Å². The number of phenolic OH excluding ortho intramolecular Hbond substituents is 1. The summed E-state index contributed by atoms with van der Waals surface area (Å²) in [6, 6.07) is 5.37. The van der Waals surface area contributed by atoms with Gasteiger partial charge in [-0.15, -0.1) is 0 Å². The van der Waals surface area contributed by atoms with Crippen LogP contribution in [-0.2, 0) is 11.3 Å². The Kier molecular flexibility index (Phi) is 7.18. The van der Waals surface area contributed by atoms with Gasteiger partial charge >= 0.3 is 0 Å². The maximum Gasteiger partial charge on any atom is 0.193 e. The van der Waals surface area contributed by atoms with E-state index in [1.54, 1.807) is 6.07 Å². The lowest BCUT2D eigenvalue weighted by atomic mass is 10.1. The van der Waals surface area contributed by atoms with E-state index in [0.717, 1.165) is 44.2 Å². The number of phenols is 1. The Morgan fingerprint density at radius 1 is 1.46 bits per heavy atom. The second-order valence-corrected chi connectivity index (χ2v) is 6.02. The molecule has 1 aromatic rings. The predicted molar refractivity (Wildman–Crippen MR) is 95.6 cm³/mol. The van der Waals surface area contributed by atoms with Crippen molar-refractivity contribution in [3.05, 3.63) is 23.8 Å². The SMILES string of the molecule is CCNC(=NCc1ccc(O)c(OCC)c1)N(C)CC1CCOC1. The molecule has 134 valence electrons. The van der Waals surface area contributed by atoms with Gasteiger partial charge in [-0.25, -0.2) is 4.99 Å². The van der Waals surface area contributed by atoms with Crippen molar-refractivity contribution < 1.29 is 14.6 Å². The van der Waals surface area contributed by atoms with Gasteiger partial charge in [0.2, 0.25) is 0 Å². The van der Waals surface area contributed by atoms with Crippen LogP contribution < -0.4 is 10.1 Å². The Balaban J connectivity index is 2.02. The summed E-state index contributed by atoms with van der Waals surface area (Å²) in [5, 5.41) is 13.1. The summed E-state index contributed by atoms with van der Waals surface area (Å²) in [6.07, 6.45) is 1.11. The third-order valence-corrected chi connectivity index (χ3v) is 3.99. The lowest BCUT2D eigenvalue weighted by molar-refractivity contribution is 0.181. The predicted octanol–water partition coefficient (Wildman–Crippen LogP) is 2.22. The average molecular weight is 335 g/mol. The lowest BCUT2D eigenvalue weighted by Gasteiger charge is -2.24. The fourth-order valence-electron chi connectivity index (χ4n) is 2.76. The zero-order valence-corrected chi connectivity index (χ0v) is 14.9. The number of rotatable bonds is 7. The first kappa shape index (κ1) is 18.4. The number of aromatic hydroxyl groups is 1. The molecule has 1 aliphatic heterocycles. The molecule has 1 unspecified atom stereocenters. The molecule has 6 heteroatoms. The van der Waals surface area contributed by atoms with Crippen molar-refractivity contribution in [3.8, 4) is 11.5 Å². The summed E-state index contributed by atoms with van der Waals surface area (Å²) in [5.41, 5.74) is 1.00. The molecule has 0 aromatic heterocycles. The Labute approximate surface area is 144 Å². The number of guanidine groups is 1. The van der Waals surface area contributed by atoms with E-state index in [1.807, 2.05) is 19.1 Å². The van der Waals surface area contributed by atoms with Crippen molar-refractivity contribution in [3.63, 3.8) is 0 Å². The molecule has 24 heavy (non-hydrogen) atoms. The fourth-order valence-corrected chi connectivity index (χ4v) is 2.76. The first-order valence-corrected chi connectivity index (χ1v) is 8.65. The molecule has 0 amide bonds. The molecule has 1 fully saturated rings. The van der Waals surface area contributed by atoms with Gasteiger partial charge in [-0.1, -0.05) is 6.07 Å². The lowest BCUT2D eigenvalue weighted by Crippen LogP contribution is -2.41. The third kappa shape index (κ3) is 5.30. The highest BCUT2D eigenvalue weighted by molar-refractivity contribution is 5.79. The molecule has 1 heterocycles. The highest BCUT2D eigenvalue weighted by Gasteiger charge is 2.19. The molecule has 1 aromatic carbocycles. The number of ether oxygens (including phenoxy) is 2. The van der Waals surface area contributed by atoms with Gasteiger partial charge in [0.05, 0.1) is 19.8 Å². The molecular weight excluding hydrogens is 306 g/mol. The smallest absolute Gasteiger partial charge is 0.193 e. The maximum atomic E-state index is 9.78. The molecule has 2 N–H and O–H groups in total. The Morgan fingerprint density at radius 3 is 2.96 bits per heavy atom. The summed E-state index contributed by atoms with van der Waals surface area (Å²) in [4.78, 5) is 6.87. The molecule has 2 rings (SSSR count). The van der Waals surface area contributed by atoms with Gasteiger partial charge in [-0.05, 0) is 38.0 Å². The van der Waals surface area contributed by atoms with Gasteiger partial charge in [-0.2, -0.15) is 0 Å². The van der Waals surface area contributed by atoms with Crippen LogP contribution >= 0.6 is 0 Å². The zero-order valence-electron chi connectivity index (χ0n) is 14.9. The van der Waals surface area contributed by atoms with Crippen LogP contribution in [0.3, 0.4) is 0 Å². The van der Waals surface area contributed by atoms with E-state index in [9.17, 15) is 5.11 Å². The third-order valence-electron chi connectivity index (χ3n) is 3.99. The van der Waals surface area contributed by atoms with Gasteiger partial charge in [0.15, 0.2) is 17.5 Å². The van der Waals surface area contributed by atoms with Crippen LogP contribution in [0.2, 0.25) is 0 Å². The number of nitrogens with zero attached hydrogens (tertiary/aromatic N) is 2. The molecule has 0 aliphatic carbocycles. The minimum atomic E-state index is 0.162. The normalized spacial score (nSPS) is 17.8. The molecule has 0 radical (unpaired) electrons. The number of aliphatic imine (C=N–C) groups is 1. The quantitative estimate of drug-likeness (QED) is 0.591. The number of hydrogen-bond donors (Lipinski definition) is 2. The van der Waals surface area contributed by atoms with Crippen molar-refractivity contribution >= 4 is 5.96 Å². The second kappa shape index (κ2) is 9.37. The standard InChI is InChI=1S/C18H29N3O3/c1-4-19-18(21(3)12-15-8-9-23-13-15)20-11-14-6-7-16(22)17(10-14)24-5-2/h6-7,10,15,22H,4-5,8-9,11-13H2,1-3H3,(H,19,20). The first-order valence-electron chi connectivity index (χ1n) is 8.65. The van der Waals surface area contributed by atoms with Gasteiger partial charge in [-0.3, -0.25) is 0 Å². The van der Waals surface area contributed by atoms with Crippen molar-refractivity contribution in [1.29, 1.82) is 0 Å². The van der Waals surface area contributed by atoms with Gasteiger partial charge in [0.25, 0.3) is 0 Å². The van der Waals surface area contributed by atoms with E-state index in [2.05, 4.69) is 24.2 Å². The molecule has 1 aliphatic rings. The monoisotopic (exact) mass is 335 g/mol. The van der Waals surface area contributed by atoms with Gasteiger partial charge in [0, 0.05) is 32.7 Å². The molecule has 0 saturated carbocycles. The van der Waals surface area contributed by atoms with Crippen LogP contribution in [-0.4, -0.2) is 55.9 Å². The van der Waals surface area contributed by atoms with Crippen LogP contribution in [0.1, 0.15) is 25.8 Å². The van der Waals surface area contributed by atoms with E-state index in [1.165, 1.54) is 0 Å². The minimum absolute atomic E-state index is 0.162. The van der Waals surface area contributed by atoms with Crippen molar-refractivity contribution in [2.45, 2.75) is 26.8 Å². The van der Waals surface area contributed by atoms with Gasteiger partial charge < -0.3 is 24.8 Å². The Morgan fingerprint density at radius 2 is 2.29 bits per heavy atom. The topological polar surface area (TPSA) is 66.3 Å². The summed E-state index contributed by atoms with van der Waals surface area (Å²) in [5.74, 6) is 2.12. The summed E-state index contributed by atoms with van der Waals surface area (Å²) >= 11 is 0. The summed E-state index contributed by atoms with van der Waals surface area (Å²) < 4.78 is 10.9. The van der Waals surface area contributed by atoms with Crippen LogP contribution in [0, 0.1) is 5.92 Å². The Hall–Kier alpha value is -1.95. The molecule has 1 saturated heterocycles. The maximum absolute atomic E-state index is 9.78. The van der Waals surface area contributed by atoms with E-state index in [-0.39, 0.29) is 5.75 Å². The molecule has 0 spiro atoms.